The highest BCUT2D eigenvalue weighted by Gasteiger charge is 2.86. The van der Waals surface area contributed by atoms with Crippen molar-refractivity contribution < 1.29 is 105 Å². The Bertz CT molecular complexity index is 2660. The Labute approximate surface area is 406 Å². The minimum atomic E-state index is -7.43. The molecule has 0 atom stereocenters. The van der Waals surface area contributed by atoms with Crippen LogP contribution in [0.4, 0.5) is 79.0 Å². The number of aryl methyl sites for hydroxylation is 2. The Hall–Kier alpha value is -3.91. The van der Waals surface area contributed by atoms with Crippen LogP contribution in [-0.4, -0.2) is 72.5 Å². The highest BCUT2D eigenvalue weighted by molar-refractivity contribution is 14.1. The van der Waals surface area contributed by atoms with Crippen LogP contribution in [0.5, 0.6) is 0 Å². The second-order valence-corrected chi connectivity index (χ2v) is 21.3. The molecule has 0 bridgehead atoms. The molecule has 0 radical (unpaired) electrons. The van der Waals surface area contributed by atoms with Crippen LogP contribution < -0.4 is 0 Å². The Balaban J connectivity index is 0.000000320. The Morgan fingerprint density at radius 3 is 1.24 bits per heavy atom. The number of hydrogen-bond donors (Lipinski definition) is 1. The van der Waals surface area contributed by atoms with E-state index in [1.54, 1.807) is 0 Å². The van der Waals surface area contributed by atoms with Gasteiger partial charge in [-0.1, -0.05) is 78.0 Å². The van der Waals surface area contributed by atoms with Gasteiger partial charge in [0.15, 0.2) is 24.8 Å². The lowest BCUT2D eigenvalue weighted by Crippen LogP contribution is -2.63. The summed E-state index contributed by atoms with van der Waals surface area (Å²) in [5.74, 6) is -29.5. The topological polar surface area (TPSA) is 112 Å². The molecule has 0 unspecified atom stereocenters. The molecule has 29 heteroatoms. The fourth-order valence-electron chi connectivity index (χ4n) is 5.40. The van der Waals surface area contributed by atoms with Crippen molar-refractivity contribution in [1.82, 2.24) is 0 Å². The third-order valence-electron chi connectivity index (χ3n) is 8.91. The van der Waals surface area contributed by atoms with Crippen molar-refractivity contribution in [2.75, 3.05) is 0 Å². The highest BCUT2D eigenvalue weighted by Crippen LogP contribution is 2.55. The summed E-state index contributed by atoms with van der Waals surface area (Å²) in [6, 6.07) is 44.4. The summed E-state index contributed by atoms with van der Waals surface area (Å²) in [6.07, 6.45) is -13.3. The summed E-state index contributed by atoms with van der Waals surface area (Å²) >= 11 is 4.31. The van der Waals surface area contributed by atoms with Crippen LogP contribution in [0.1, 0.15) is 22.3 Å². The molecule has 0 aromatic heterocycles. The number of halogens is 19. The molecule has 1 N–H and O–H groups in total. The Kier molecular flexibility index (Phi) is 18.7. The molecule has 0 saturated carbocycles. The van der Waals surface area contributed by atoms with Gasteiger partial charge in [-0.2, -0.15) is 87.4 Å². The van der Waals surface area contributed by atoms with Gasteiger partial charge in [0.25, 0.3) is 0 Å². The van der Waals surface area contributed by atoms with E-state index in [0.29, 0.717) is 0 Å². The lowest BCUT2D eigenvalue weighted by molar-refractivity contribution is -0.382. The zero-order chi connectivity index (χ0) is 53.9. The fourth-order valence-corrected chi connectivity index (χ4v) is 9.70. The van der Waals surface area contributed by atoms with Gasteiger partial charge in [0.2, 0.25) is 0 Å². The molecular weight excluding hydrogens is 1190 g/mol. The van der Waals surface area contributed by atoms with E-state index >= 15 is 0 Å². The predicted molar refractivity (Wildman–Crippen MR) is 227 cm³/mol. The third kappa shape index (κ3) is 13.0. The summed E-state index contributed by atoms with van der Waals surface area (Å²) in [7, 11) is -14.7. The summed E-state index contributed by atoms with van der Waals surface area (Å²) in [4.78, 5) is 6.57. The molecule has 0 saturated heterocycles. The minimum absolute atomic E-state index is 0.107. The van der Waals surface area contributed by atoms with Gasteiger partial charge in [0, 0.05) is 13.4 Å². The van der Waals surface area contributed by atoms with E-state index in [1.807, 2.05) is 11.8 Å². The molecule has 6 nitrogen and oxygen atoms in total. The number of rotatable bonds is 13. The molecule has 0 heterocycles. The minimum Gasteiger partial charge on any atom is -0.743 e. The van der Waals surface area contributed by atoms with Crippen LogP contribution in [0, 0.1) is 17.4 Å². The molecule has 386 valence electrons. The average Bonchev–Trinajstić information content (AvgIpc) is 3.23. The zero-order valence-corrected chi connectivity index (χ0v) is 40.0. The summed E-state index contributed by atoms with van der Waals surface area (Å²) in [5, 5.41) is -14.1. The molecule has 70 heavy (non-hydrogen) atoms. The van der Waals surface area contributed by atoms with Gasteiger partial charge in [-0.05, 0) is 120 Å². The predicted octanol–water partition coefficient (Wildman–Crippen LogP) is 14.0. The van der Waals surface area contributed by atoms with E-state index < -0.39 is 66.8 Å². The van der Waals surface area contributed by atoms with Crippen molar-refractivity contribution in [3.8, 4) is 0 Å². The van der Waals surface area contributed by atoms with Crippen LogP contribution >= 0.6 is 34.4 Å². The van der Waals surface area contributed by atoms with Gasteiger partial charge in [0.05, 0.1) is 10.9 Å². The van der Waals surface area contributed by atoms with Gasteiger partial charge in [0.1, 0.15) is 0 Å². The maximum absolute atomic E-state index is 12.2. The first kappa shape index (κ1) is 60.4. The monoisotopic (exact) mass is 1210 g/mol. The van der Waals surface area contributed by atoms with Gasteiger partial charge in [-0.15, -0.1) is 0 Å². The Morgan fingerprint density at radius 2 is 0.886 bits per heavy atom. The largest absolute Gasteiger partial charge is 0.743 e. The smallest absolute Gasteiger partial charge is 0.460 e. The van der Waals surface area contributed by atoms with Crippen molar-refractivity contribution in [3.63, 3.8) is 0 Å². The second-order valence-electron chi connectivity index (χ2n) is 14.1. The van der Waals surface area contributed by atoms with Crippen molar-refractivity contribution in [1.29, 1.82) is 0 Å². The van der Waals surface area contributed by atoms with E-state index in [0.717, 1.165) is 6.42 Å². The molecule has 0 aliphatic heterocycles. The second kappa shape index (κ2) is 21.7. The van der Waals surface area contributed by atoms with E-state index in [9.17, 15) is 100 Å². The van der Waals surface area contributed by atoms with Crippen LogP contribution in [0.2, 0.25) is 0 Å². The first-order valence-electron chi connectivity index (χ1n) is 18.4. The number of alkyl halides is 18. The lowest BCUT2D eigenvalue weighted by atomic mass is 10.0. The zero-order valence-electron chi connectivity index (χ0n) is 34.6. The van der Waals surface area contributed by atoms with E-state index in [2.05, 4.69) is 158 Å². The first-order valence-corrected chi connectivity index (χ1v) is 24.3. The molecule has 0 aliphatic rings. The summed E-state index contributed by atoms with van der Waals surface area (Å²) in [5.41, 5.74) is 5.47. The molecule has 0 spiro atoms. The fraction of sp³-hybridized carbons (Fsp3) is 0.268. The van der Waals surface area contributed by atoms with E-state index in [4.69, 9.17) is 4.55 Å². The highest BCUT2D eigenvalue weighted by atomic mass is 127. The van der Waals surface area contributed by atoms with Crippen LogP contribution in [0.25, 0.3) is 0 Å². The van der Waals surface area contributed by atoms with Crippen molar-refractivity contribution in [2.24, 2.45) is 0 Å². The van der Waals surface area contributed by atoms with Gasteiger partial charge >= 0.3 is 56.7 Å². The normalized spacial score (nSPS) is 13.5. The number of benzene rings is 5. The molecule has 5 aromatic rings. The first-order chi connectivity index (χ1) is 31.6. The van der Waals surface area contributed by atoms with Crippen LogP contribution in [-0.2, 0) is 37.6 Å². The van der Waals surface area contributed by atoms with E-state index in [1.165, 1.54) is 50.3 Å². The molecule has 5 aromatic carbocycles. The SMILES string of the molecule is Cc1cc(C)c(I)c(Cc2ccc(Sc3ccc([S+](c4ccccc4)c4ccccc4)cc3)cc2)c1.O=S(=O)(O)C(F)(F)C(F)(F)C(F)(F)C(F)(F)F.O=S(=O)([O-])C(F)(F)C(F)(F)C(F)(F)C(F)(F)F. The summed E-state index contributed by atoms with van der Waals surface area (Å²) in [6.45, 7) is 4.38. The third-order valence-corrected chi connectivity index (χ3v) is 15.5. The molecule has 0 amide bonds. The Morgan fingerprint density at radius 1 is 0.529 bits per heavy atom. The molecule has 0 fully saturated rings. The average molecular weight is 1210 g/mol. The van der Waals surface area contributed by atoms with Gasteiger partial charge in [-0.25, -0.2) is 8.42 Å². The maximum atomic E-state index is 12.2. The van der Waals surface area contributed by atoms with E-state index in [-0.39, 0.29) is 10.9 Å². The number of hydrogen-bond acceptors (Lipinski definition) is 6. The van der Waals surface area contributed by atoms with Crippen LogP contribution in [0.3, 0.4) is 0 Å². The lowest BCUT2D eigenvalue weighted by Gasteiger charge is -2.34. The van der Waals surface area contributed by atoms with Crippen molar-refractivity contribution in [2.45, 2.75) is 91.3 Å². The maximum Gasteiger partial charge on any atom is 0.460 e. The van der Waals surface area contributed by atoms with Crippen molar-refractivity contribution >= 4 is 65.5 Å². The molecule has 0 aliphatic carbocycles. The van der Waals surface area contributed by atoms with Gasteiger partial charge < -0.3 is 4.55 Å². The van der Waals surface area contributed by atoms with Crippen LogP contribution in [0.15, 0.2) is 146 Å². The van der Waals surface area contributed by atoms with Gasteiger partial charge in [-0.3, -0.25) is 4.55 Å². The molecule has 5 rings (SSSR count). The quantitative estimate of drug-likeness (QED) is 0.0541. The van der Waals surface area contributed by atoms with Crippen molar-refractivity contribution in [3.05, 3.63) is 147 Å². The molecular formula is C41H29F18IO6S4. The summed E-state index contributed by atoms with van der Waals surface area (Å²) < 4.78 is 271. The standard InChI is InChI=1S/C33H28IS2.2C4HF9O3S/c1-24-21-25(2)33(34)27(22-24)23-26-13-15-28(16-14-26)35-29-17-19-32(20-18-29)36(30-9-5-3-6-10-30)31-11-7-4-8-12-31;2*5-1(6,3(9,10)11)2(7,8)4(12,13)17(14,15)16/h3-22H,23H2,1-2H3;2*(H,14,15,16)/q+1;;/p-1.